The van der Waals surface area contributed by atoms with Crippen molar-refractivity contribution < 1.29 is 14.6 Å². The number of hydrogen-bond acceptors (Lipinski definition) is 7. The quantitative estimate of drug-likeness (QED) is 0.853. The molecule has 3 heterocycles. The number of anilines is 1. The van der Waals surface area contributed by atoms with Gasteiger partial charge in [-0.2, -0.15) is 0 Å². The Hall–Kier alpha value is -2.45. The molecule has 9 heteroatoms. The summed E-state index contributed by atoms with van der Waals surface area (Å²) in [6.45, 7) is 5.65. The van der Waals surface area contributed by atoms with Gasteiger partial charge in [-0.05, 0) is 19.9 Å². The molecule has 3 rings (SSSR count). The average molecular weight is 392 g/mol. The van der Waals surface area contributed by atoms with E-state index < -0.39 is 11.6 Å². The van der Waals surface area contributed by atoms with Crippen LogP contribution in [0.5, 0.6) is 5.75 Å². The monoisotopic (exact) mass is 391 g/mol. The molecule has 1 fully saturated rings. The Morgan fingerprint density at radius 1 is 1.37 bits per heavy atom. The minimum absolute atomic E-state index is 0.00687. The first-order chi connectivity index (χ1) is 12.9. The molecule has 2 aromatic rings. The Kier molecular flexibility index (Phi) is 5.76. The van der Waals surface area contributed by atoms with Crippen molar-refractivity contribution >= 4 is 23.5 Å². The summed E-state index contributed by atoms with van der Waals surface area (Å²) >= 11 is 5.89. The number of halogens is 1. The van der Waals surface area contributed by atoms with Crippen LogP contribution >= 0.6 is 11.6 Å². The van der Waals surface area contributed by atoms with Crippen molar-refractivity contribution in [3.8, 4) is 5.75 Å². The number of aliphatic hydroxyl groups excluding tert-OH is 1. The maximum Gasteiger partial charge on any atom is 0.415 e. The number of pyridine rings is 1. The van der Waals surface area contributed by atoms with Crippen molar-refractivity contribution in [1.82, 2.24) is 19.9 Å². The molecule has 1 N–H and O–H groups in total. The summed E-state index contributed by atoms with van der Waals surface area (Å²) < 4.78 is 5.43. The minimum Gasteiger partial charge on any atom is -0.408 e. The number of carbonyl (C=O) groups is 1. The summed E-state index contributed by atoms with van der Waals surface area (Å²) in [4.78, 5) is 29.0. The van der Waals surface area contributed by atoms with E-state index in [0.29, 0.717) is 42.7 Å². The zero-order valence-electron chi connectivity index (χ0n) is 15.3. The van der Waals surface area contributed by atoms with Crippen molar-refractivity contribution in [2.45, 2.75) is 25.8 Å². The van der Waals surface area contributed by atoms with Crippen LogP contribution in [-0.4, -0.2) is 62.8 Å². The van der Waals surface area contributed by atoms with Gasteiger partial charge in [0.05, 0.1) is 23.4 Å². The fraction of sp³-hybridized carbons (Fsp3) is 0.444. The van der Waals surface area contributed by atoms with Gasteiger partial charge in [0.25, 0.3) is 0 Å². The summed E-state index contributed by atoms with van der Waals surface area (Å²) in [6, 6.07) is 3.39. The minimum atomic E-state index is -0.469. The molecular formula is C18H22ClN5O3. The smallest absolute Gasteiger partial charge is 0.408 e. The van der Waals surface area contributed by atoms with Crippen molar-refractivity contribution in [1.29, 1.82) is 0 Å². The highest BCUT2D eigenvalue weighted by Crippen LogP contribution is 2.26. The molecule has 0 saturated carbocycles. The Morgan fingerprint density at radius 3 is 2.89 bits per heavy atom. The van der Waals surface area contributed by atoms with E-state index in [-0.39, 0.29) is 6.61 Å². The topological polar surface area (TPSA) is 91.7 Å². The van der Waals surface area contributed by atoms with Crippen molar-refractivity contribution in [3.63, 3.8) is 0 Å². The van der Waals surface area contributed by atoms with Crippen molar-refractivity contribution in [2.24, 2.45) is 0 Å². The fourth-order valence-corrected chi connectivity index (χ4v) is 3.24. The molecule has 0 atom stereocenters. The molecule has 0 bridgehead atoms. The first-order valence-corrected chi connectivity index (χ1v) is 9.04. The molecule has 1 saturated heterocycles. The lowest BCUT2D eigenvalue weighted by Gasteiger charge is -2.46. The third-order valence-electron chi connectivity index (χ3n) is 4.36. The van der Waals surface area contributed by atoms with Gasteiger partial charge in [-0.1, -0.05) is 11.6 Å². The molecule has 0 spiro atoms. The molecule has 27 heavy (non-hydrogen) atoms. The number of piperazine rings is 1. The Morgan fingerprint density at radius 2 is 2.19 bits per heavy atom. The lowest BCUT2D eigenvalue weighted by atomic mass is 9.99. The molecule has 0 unspecified atom stereocenters. The molecule has 2 aromatic heterocycles. The van der Waals surface area contributed by atoms with Gasteiger partial charge in [-0.25, -0.2) is 14.8 Å². The molecule has 1 aliphatic heterocycles. The number of aliphatic hydroxyl groups is 1. The molecule has 1 amide bonds. The first-order valence-electron chi connectivity index (χ1n) is 8.67. The molecule has 0 aromatic carbocycles. The number of ether oxygens (including phenoxy) is 1. The Labute approximate surface area is 162 Å². The molecule has 0 radical (unpaired) electrons. The number of hydrogen-bond donors (Lipinski definition) is 1. The second-order valence-electron chi connectivity index (χ2n) is 6.90. The van der Waals surface area contributed by atoms with Crippen molar-refractivity contribution in [3.05, 3.63) is 41.6 Å². The van der Waals surface area contributed by atoms with Crippen LogP contribution in [0.3, 0.4) is 0 Å². The van der Waals surface area contributed by atoms with Gasteiger partial charge < -0.3 is 14.7 Å². The van der Waals surface area contributed by atoms with Crippen LogP contribution in [0.2, 0.25) is 5.02 Å². The Bertz CT molecular complexity index is 817. The first kappa shape index (κ1) is 19.3. The van der Waals surface area contributed by atoms with Crippen LogP contribution in [-0.2, 0) is 6.42 Å². The number of carbonyl (C=O) groups excluding carboxylic acids is 1. The van der Waals surface area contributed by atoms with Gasteiger partial charge in [0.2, 0.25) is 0 Å². The van der Waals surface area contributed by atoms with E-state index in [4.69, 9.17) is 21.4 Å². The number of aromatic nitrogens is 3. The van der Waals surface area contributed by atoms with Crippen LogP contribution in [0.1, 0.15) is 19.7 Å². The summed E-state index contributed by atoms with van der Waals surface area (Å²) in [6.07, 6.45) is 4.60. The molecule has 144 valence electrons. The van der Waals surface area contributed by atoms with Crippen molar-refractivity contribution in [2.75, 3.05) is 31.1 Å². The summed E-state index contributed by atoms with van der Waals surface area (Å²) in [5.74, 6) is 1.70. The predicted octanol–water partition coefficient (Wildman–Crippen LogP) is 2.16. The average Bonchev–Trinajstić information content (AvgIpc) is 2.61. The molecular weight excluding hydrogens is 370 g/mol. The number of rotatable bonds is 4. The highest BCUT2D eigenvalue weighted by molar-refractivity contribution is 6.30. The van der Waals surface area contributed by atoms with Gasteiger partial charge in [0, 0.05) is 44.5 Å². The van der Waals surface area contributed by atoms with Crippen LogP contribution in [0, 0.1) is 0 Å². The van der Waals surface area contributed by atoms with E-state index in [1.54, 1.807) is 17.2 Å². The zero-order chi connectivity index (χ0) is 19.4. The highest BCUT2D eigenvalue weighted by atomic mass is 35.5. The van der Waals surface area contributed by atoms with E-state index in [1.807, 2.05) is 19.9 Å². The molecule has 8 nitrogen and oxygen atoms in total. The van der Waals surface area contributed by atoms with Crippen LogP contribution in [0.15, 0.2) is 30.7 Å². The van der Waals surface area contributed by atoms with E-state index >= 15 is 0 Å². The predicted molar refractivity (Wildman–Crippen MR) is 101 cm³/mol. The van der Waals surface area contributed by atoms with Gasteiger partial charge in [0.15, 0.2) is 5.75 Å². The van der Waals surface area contributed by atoms with E-state index in [0.717, 1.165) is 5.82 Å². The fourth-order valence-electron chi connectivity index (χ4n) is 3.08. The van der Waals surface area contributed by atoms with Gasteiger partial charge in [-0.3, -0.25) is 9.88 Å². The standard InChI is InChI=1S/C18H22ClN5O3/c1-18(2)12-23(16-3-5-21-15(22-16)4-8-25)6-7-24(18)17(26)27-14-9-13(19)10-20-11-14/h3,5,9-11,25H,4,6-8,12H2,1-2H3. The maximum absolute atomic E-state index is 12.6. The molecule has 1 aliphatic rings. The summed E-state index contributed by atoms with van der Waals surface area (Å²) in [5.41, 5.74) is -0.469. The maximum atomic E-state index is 12.6. The van der Waals surface area contributed by atoms with E-state index in [9.17, 15) is 4.79 Å². The second-order valence-corrected chi connectivity index (χ2v) is 7.33. The lowest BCUT2D eigenvalue weighted by Crippen LogP contribution is -2.62. The normalized spacial score (nSPS) is 16.3. The third kappa shape index (κ3) is 4.64. The number of amides is 1. The van der Waals surface area contributed by atoms with E-state index in [1.165, 1.54) is 12.4 Å². The summed E-state index contributed by atoms with van der Waals surface area (Å²) in [7, 11) is 0. The zero-order valence-corrected chi connectivity index (χ0v) is 16.1. The second kappa shape index (κ2) is 8.06. The van der Waals surface area contributed by atoms with Crippen LogP contribution < -0.4 is 9.64 Å². The van der Waals surface area contributed by atoms with E-state index in [2.05, 4.69) is 19.9 Å². The SMILES string of the molecule is CC1(C)CN(c2ccnc(CCO)n2)CCN1C(=O)Oc1cncc(Cl)c1. The molecule has 0 aliphatic carbocycles. The Balaban J connectivity index is 1.69. The number of nitrogens with zero attached hydrogens (tertiary/aromatic N) is 5. The van der Waals surface area contributed by atoms with Gasteiger partial charge in [-0.15, -0.1) is 0 Å². The van der Waals surface area contributed by atoms with Gasteiger partial charge >= 0.3 is 6.09 Å². The largest absolute Gasteiger partial charge is 0.415 e. The highest BCUT2D eigenvalue weighted by Gasteiger charge is 2.38. The third-order valence-corrected chi connectivity index (χ3v) is 4.56. The van der Waals surface area contributed by atoms with Crippen LogP contribution in [0.25, 0.3) is 0 Å². The van der Waals surface area contributed by atoms with Crippen LogP contribution in [0.4, 0.5) is 10.6 Å². The summed E-state index contributed by atoms with van der Waals surface area (Å²) in [5, 5.41) is 9.48. The lowest BCUT2D eigenvalue weighted by molar-refractivity contribution is 0.0898. The van der Waals surface area contributed by atoms with Gasteiger partial charge in [0.1, 0.15) is 11.6 Å².